The molecule has 0 saturated carbocycles. The van der Waals surface area contributed by atoms with Crippen LogP contribution in [0.4, 0.5) is 0 Å². The zero-order valence-corrected chi connectivity index (χ0v) is 11.6. The largest absolute Gasteiger partial charge is 0.347 e. The van der Waals surface area contributed by atoms with Crippen molar-refractivity contribution >= 4 is 23.2 Å². The minimum atomic E-state index is 0.217. The number of rotatable bonds is 5. The van der Waals surface area contributed by atoms with Gasteiger partial charge in [-0.2, -0.15) is 0 Å². The van der Waals surface area contributed by atoms with Gasteiger partial charge in [0.25, 0.3) is 0 Å². The average Bonchev–Trinajstić information content (AvgIpc) is 2.88. The molecule has 1 atom stereocenters. The quantitative estimate of drug-likeness (QED) is 0.872. The first-order valence-electron chi connectivity index (χ1n) is 5.87. The van der Waals surface area contributed by atoms with Crippen LogP contribution in [0.15, 0.2) is 30.6 Å². The van der Waals surface area contributed by atoms with Crippen molar-refractivity contribution in [3.63, 3.8) is 0 Å². The normalized spacial score (nSPS) is 12.6. The fourth-order valence-electron chi connectivity index (χ4n) is 1.79. The van der Waals surface area contributed by atoms with E-state index < -0.39 is 0 Å². The molecule has 2 aromatic rings. The minimum absolute atomic E-state index is 0.217. The highest BCUT2D eigenvalue weighted by Crippen LogP contribution is 2.23. The van der Waals surface area contributed by atoms with Crippen LogP contribution in [-0.2, 0) is 6.54 Å². The lowest BCUT2D eigenvalue weighted by atomic mass is 10.1. The Morgan fingerprint density at radius 3 is 2.78 bits per heavy atom. The number of hydrogen-bond donors (Lipinski definition) is 2. The van der Waals surface area contributed by atoms with Crippen LogP contribution >= 0.6 is 23.2 Å². The molecule has 96 valence electrons. The fourth-order valence-corrected chi connectivity index (χ4v) is 2.11. The third-order valence-corrected chi connectivity index (χ3v) is 3.53. The zero-order chi connectivity index (χ0) is 13.0. The number of hydrogen-bond acceptors (Lipinski definition) is 2. The third-order valence-electron chi connectivity index (χ3n) is 2.79. The van der Waals surface area contributed by atoms with Gasteiger partial charge in [0.05, 0.1) is 16.1 Å². The molecule has 1 aromatic heterocycles. The molecule has 18 heavy (non-hydrogen) atoms. The van der Waals surface area contributed by atoms with E-state index in [1.165, 1.54) is 0 Å². The van der Waals surface area contributed by atoms with E-state index >= 15 is 0 Å². The van der Waals surface area contributed by atoms with E-state index in [0.717, 1.165) is 24.4 Å². The number of H-pyrrole nitrogens is 1. The predicted molar refractivity (Wildman–Crippen MR) is 74.9 cm³/mol. The van der Waals surface area contributed by atoms with E-state index in [0.29, 0.717) is 10.0 Å². The SMILES string of the molecule is CCC(NCc1ccc(Cl)c(Cl)c1)c1ncc[nH]1. The first kappa shape index (κ1) is 13.4. The standard InChI is InChI=1S/C13H15Cl2N3/c1-2-12(13-16-5-6-17-13)18-8-9-3-4-10(14)11(15)7-9/h3-7,12,18H,2,8H2,1H3,(H,16,17). The van der Waals surface area contributed by atoms with Gasteiger partial charge >= 0.3 is 0 Å². The van der Waals surface area contributed by atoms with Crippen molar-refractivity contribution in [2.45, 2.75) is 25.9 Å². The van der Waals surface area contributed by atoms with E-state index in [-0.39, 0.29) is 6.04 Å². The van der Waals surface area contributed by atoms with Gasteiger partial charge < -0.3 is 10.3 Å². The van der Waals surface area contributed by atoms with Crippen LogP contribution in [0.1, 0.15) is 30.8 Å². The van der Waals surface area contributed by atoms with Gasteiger partial charge in [0, 0.05) is 18.9 Å². The smallest absolute Gasteiger partial charge is 0.123 e. The van der Waals surface area contributed by atoms with Crippen molar-refractivity contribution in [3.05, 3.63) is 52.0 Å². The number of benzene rings is 1. The second-order valence-corrected chi connectivity index (χ2v) is 4.88. The van der Waals surface area contributed by atoms with Crippen molar-refractivity contribution in [1.29, 1.82) is 0 Å². The van der Waals surface area contributed by atoms with Crippen molar-refractivity contribution in [3.8, 4) is 0 Å². The summed E-state index contributed by atoms with van der Waals surface area (Å²) in [7, 11) is 0. The summed E-state index contributed by atoms with van der Waals surface area (Å²) in [5.41, 5.74) is 1.11. The van der Waals surface area contributed by atoms with Crippen LogP contribution in [0.2, 0.25) is 10.0 Å². The molecule has 3 nitrogen and oxygen atoms in total. The third kappa shape index (κ3) is 3.25. The summed E-state index contributed by atoms with van der Waals surface area (Å²) in [5.74, 6) is 0.956. The molecule has 0 fully saturated rings. The Morgan fingerprint density at radius 2 is 2.17 bits per heavy atom. The Balaban J connectivity index is 1.99. The number of halogens is 2. The summed E-state index contributed by atoms with van der Waals surface area (Å²) in [4.78, 5) is 7.39. The molecule has 0 aliphatic rings. The Kier molecular flexibility index (Phi) is 4.64. The number of imidazole rings is 1. The Bertz CT molecular complexity index is 497. The van der Waals surface area contributed by atoms with E-state index in [1.54, 1.807) is 6.20 Å². The van der Waals surface area contributed by atoms with Gasteiger partial charge in [0.15, 0.2) is 0 Å². The van der Waals surface area contributed by atoms with Gasteiger partial charge in [-0.1, -0.05) is 36.2 Å². The molecule has 0 spiro atoms. The molecule has 0 amide bonds. The molecule has 2 N–H and O–H groups in total. The van der Waals surface area contributed by atoms with Gasteiger partial charge in [-0.05, 0) is 24.1 Å². The summed E-state index contributed by atoms with van der Waals surface area (Å²) >= 11 is 11.9. The van der Waals surface area contributed by atoms with E-state index in [2.05, 4.69) is 22.2 Å². The van der Waals surface area contributed by atoms with E-state index in [1.807, 2.05) is 24.4 Å². The topological polar surface area (TPSA) is 40.7 Å². The van der Waals surface area contributed by atoms with Crippen LogP contribution in [0.3, 0.4) is 0 Å². The highest BCUT2D eigenvalue weighted by atomic mass is 35.5. The van der Waals surface area contributed by atoms with Gasteiger partial charge in [-0.3, -0.25) is 0 Å². The molecule has 1 unspecified atom stereocenters. The van der Waals surface area contributed by atoms with Crippen LogP contribution in [0.25, 0.3) is 0 Å². The maximum atomic E-state index is 5.98. The van der Waals surface area contributed by atoms with Crippen molar-refractivity contribution < 1.29 is 0 Å². The maximum Gasteiger partial charge on any atom is 0.123 e. The number of aromatic nitrogens is 2. The molecule has 2 rings (SSSR count). The van der Waals surface area contributed by atoms with E-state index in [4.69, 9.17) is 23.2 Å². The van der Waals surface area contributed by atoms with Gasteiger partial charge in [0.2, 0.25) is 0 Å². The van der Waals surface area contributed by atoms with Gasteiger partial charge in [0.1, 0.15) is 5.82 Å². The van der Waals surface area contributed by atoms with Crippen molar-refractivity contribution in [2.24, 2.45) is 0 Å². The molecule has 0 aliphatic carbocycles. The second kappa shape index (κ2) is 6.23. The average molecular weight is 284 g/mol. The summed E-state index contributed by atoms with van der Waals surface area (Å²) < 4.78 is 0. The van der Waals surface area contributed by atoms with Crippen molar-refractivity contribution in [1.82, 2.24) is 15.3 Å². The molecule has 5 heteroatoms. The molecule has 1 heterocycles. The molecule has 0 radical (unpaired) electrons. The number of aromatic amines is 1. The highest BCUT2D eigenvalue weighted by Gasteiger charge is 2.10. The maximum absolute atomic E-state index is 5.98. The molecule has 0 aliphatic heterocycles. The van der Waals surface area contributed by atoms with Crippen LogP contribution in [0.5, 0.6) is 0 Å². The van der Waals surface area contributed by atoms with Crippen LogP contribution in [-0.4, -0.2) is 9.97 Å². The first-order valence-corrected chi connectivity index (χ1v) is 6.63. The highest BCUT2D eigenvalue weighted by molar-refractivity contribution is 6.42. The summed E-state index contributed by atoms with van der Waals surface area (Å²) in [6, 6.07) is 5.88. The molecule has 0 bridgehead atoms. The Labute approximate surface area is 117 Å². The van der Waals surface area contributed by atoms with Gasteiger partial charge in [-0.15, -0.1) is 0 Å². The second-order valence-electron chi connectivity index (χ2n) is 4.06. The predicted octanol–water partition coefficient (Wildman–Crippen LogP) is 3.96. The van der Waals surface area contributed by atoms with Crippen molar-refractivity contribution in [2.75, 3.05) is 0 Å². The summed E-state index contributed by atoms with van der Waals surface area (Å²) in [6.07, 6.45) is 4.56. The number of nitrogens with zero attached hydrogens (tertiary/aromatic N) is 1. The summed E-state index contributed by atoms with van der Waals surface area (Å²) in [5, 5.41) is 4.61. The first-order chi connectivity index (χ1) is 8.70. The van der Waals surface area contributed by atoms with Gasteiger partial charge in [-0.25, -0.2) is 4.98 Å². The Hall–Kier alpha value is -1.03. The minimum Gasteiger partial charge on any atom is -0.347 e. The fraction of sp³-hybridized carbons (Fsp3) is 0.308. The zero-order valence-electron chi connectivity index (χ0n) is 10.1. The lowest BCUT2D eigenvalue weighted by Gasteiger charge is -2.14. The molecule has 0 saturated heterocycles. The lowest BCUT2D eigenvalue weighted by molar-refractivity contribution is 0.498. The van der Waals surface area contributed by atoms with Crippen LogP contribution < -0.4 is 5.32 Å². The molecule has 1 aromatic carbocycles. The number of nitrogens with one attached hydrogen (secondary N) is 2. The van der Waals surface area contributed by atoms with E-state index in [9.17, 15) is 0 Å². The molecular formula is C13H15Cl2N3. The monoisotopic (exact) mass is 283 g/mol. The molecular weight excluding hydrogens is 269 g/mol. The Morgan fingerprint density at radius 1 is 1.33 bits per heavy atom. The van der Waals surface area contributed by atoms with Crippen LogP contribution in [0, 0.1) is 0 Å². The summed E-state index contributed by atoms with van der Waals surface area (Å²) in [6.45, 7) is 2.85. The lowest BCUT2D eigenvalue weighted by Crippen LogP contribution is -2.21.